The summed E-state index contributed by atoms with van der Waals surface area (Å²) in [4.78, 5) is 8.03. The van der Waals surface area contributed by atoms with E-state index in [1.54, 1.807) is 54.9 Å². The van der Waals surface area contributed by atoms with Crippen LogP contribution in [-0.4, -0.2) is 0 Å². The van der Waals surface area contributed by atoms with Crippen molar-refractivity contribution in [1.29, 1.82) is 10.5 Å². The van der Waals surface area contributed by atoms with Crippen molar-refractivity contribution in [3.63, 3.8) is 0 Å². The highest BCUT2D eigenvalue weighted by atomic mass is 19.4. The van der Waals surface area contributed by atoms with E-state index in [1.165, 1.54) is 0 Å². The first-order chi connectivity index (χ1) is 22.8. The first-order valence-electron chi connectivity index (χ1n) is 14.0. The van der Waals surface area contributed by atoms with Gasteiger partial charge in [0.05, 0.1) is 21.8 Å². The molecule has 0 aliphatic heterocycles. The Balaban J connectivity index is 1.45. The second-order valence-corrected chi connectivity index (χ2v) is 11.0. The SMILES string of the molecule is N#CN=c1c2cc(-c3ccc(C(F)(F)F)c(F)c3)ccc2c2cc3c(cc12)c(=NC#N)c1cc(-c2ccc(C(F)(F)F)c(F)c2)ccc13. The van der Waals surface area contributed by atoms with Crippen LogP contribution in [0.2, 0.25) is 0 Å². The van der Waals surface area contributed by atoms with Gasteiger partial charge in [0.25, 0.3) is 0 Å². The molecule has 0 aliphatic carbocycles. The molecular weight excluding hydrogens is 640 g/mol. The highest BCUT2D eigenvalue weighted by Gasteiger charge is 2.35. The monoisotopic (exact) mass is 654 g/mol. The minimum atomic E-state index is -4.86. The first-order valence-corrected chi connectivity index (χ1v) is 14.0. The number of halogens is 8. The summed E-state index contributed by atoms with van der Waals surface area (Å²) in [5.74, 6) is -2.86. The zero-order chi connectivity index (χ0) is 34.1. The van der Waals surface area contributed by atoms with Crippen LogP contribution in [0.5, 0.6) is 0 Å². The van der Waals surface area contributed by atoms with Crippen molar-refractivity contribution in [2.45, 2.75) is 12.4 Å². The van der Waals surface area contributed by atoms with Gasteiger partial charge >= 0.3 is 12.4 Å². The summed E-state index contributed by atoms with van der Waals surface area (Å²) < 4.78 is 107. The van der Waals surface area contributed by atoms with Crippen LogP contribution in [0.25, 0.3) is 65.3 Å². The average Bonchev–Trinajstić information content (AvgIpc) is 3.49. The molecule has 0 amide bonds. The molecule has 0 heterocycles. The van der Waals surface area contributed by atoms with Gasteiger partial charge in [-0.25, -0.2) is 8.78 Å². The molecule has 0 spiro atoms. The predicted octanol–water partition coefficient (Wildman–Crippen LogP) is 9.59. The minimum absolute atomic E-state index is 0.180. The molecule has 4 nitrogen and oxygen atoms in total. The van der Waals surface area contributed by atoms with E-state index < -0.39 is 35.1 Å². The van der Waals surface area contributed by atoms with Crippen molar-refractivity contribution in [1.82, 2.24) is 0 Å². The normalized spacial score (nSPS) is 13.2. The van der Waals surface area contributed by atoms with Crippen LogP contribution in [0, 0.1) is 34.5 Å². The van der Waals surface area contributed by atoms with E-state index >= 15 is 0 Å². The molecule has 0 atom stereocenters. The molecule has 0 aromatic heterocycles. The van der Waals surface area contributed by atoms with E-state index in [4.69, 9.17) is 0 Å². The van der Waals surface area contributed by atoms with Gasteiger partial charge in [-0.1, -0.05) is 36.4 Å². The molecule has 234 valence electrons. The smallest absolute Gasteiger partial charge is 0.206 e. The number of nitrogens with zero attached hydrogens (tertiary/aromatic N) is 4. The summed E-state index contributed by atoms with van der Waals surface area (Å²) in [5, 5.41) is 24.1. The second-order valence-electron chi connectivity index (χ2n) is 11.0. The maximum absolute atomic E-state index is 14.4. The van der Waals surface area contributed by atoms with E-state index in [1.807, 2.05) is 6.07 Å². The average molecular weight is 655 g/mol. The zero-order valence-corrected chi connectivity index (χ0v) is 23.9. The van der Waals surface area contributed by atoms with Gasteiger partial charge in [-0.15, -0.1) is 0 Å². The Hall–Kier alpha value is -6.14. The van der Waals surface area contributed by atoms with Gasteiger partial charge < -0.3 is 0 Å². The fraction of sp³-hybridized carbons (Fsp3) is 0.0556. The van der Waals surface area contributed by atoms with Crippen molar-refractivity contribution in [2.75, 3.05) is 0 Å². The predicted molar refractivity (Wildman–Crippen MR) is 162 cm³/mol. The van der Waals surface area contributed by atoms with Gasteiger partial charge in [-0.2, -0.15) is 46.9 Å². The van der Waals surface area contributed by atoms with Crippen LogP contribution >= 0.6 is 0 Å². The number of alkyl halides is 6. The van der Waals surface area contributed by atoms with Crippen LogP contribution in [-0.2, 0) is 12.4 Å². The molecule has 7 rings (SSSR count). The lowest BCUT2D eigenvalue weighted by Crippen LogP contribution is -2.07. The maximum Gasteiger partial charge on any atom is 0.419 e. The van der Waals surface area contributed by atoms with Crippen molar-refractivity contribution in [3.8, 4) is 34.6 Å². The second kappa shape index (κ2) is 10.7. The van der Waals surface area contributed by atoms with Crippen molar-refractivity contribution in [2.24, 2.45) is 9.98 Å². The van der Waals surface area contributed by atoms with Gasteiger partial charge in [0.1, 0.15) is 11.6 Å². The van der Waals surface area contributed by atoms with Crippen LogP contribution in [0.4, 0.5) is 35.1 Å². The van der Waals surface area contributed by atoms with Gasteiger partial charge in [0.2, 0.25) is 12.4 Å². The molecule has 0 radical (unpaired) electrons. The lowest BCUT2D eigenvalue weighted by molar-refractivity contribution is -0.140. The molecule has 0 unspecified atom stereocenters. The topological polar surface area (TPSA) is 72.3 Å². The quantitative estimate of drug-likeness (QED) is 0.138. The minimum Gasteiger partial charge on any atom is -0.206 e. The summed E-state index contributed by atoms with van der Waals surface area (Å²) in [5.41, 5.74) is -1.66. The number of nitriles is 2. The molecule has 0 saturated carbocycles. The Morgan fingerprint density at radius 3 is 1.10 bits per heavy atom. The fourth-order valence-corrected chi connectivity index (χ4v) is 6.23. The van der Waals surface area contributed by atoms with Crippen LogP contribution in [0.3, 0.4) is 0 Å². The molecule has 7 aromatic carbocycles. The van der Waals surface area contributed by atoms with Crippen molar-refractivity contribution < 1.29 is 35.1 Å². The maximum atomic E-state index is 14.4. The Labute approximate surface area is 264 Å². The van der Waals surface area contributed by atoms with Gasteiger partial charge in [-0.05, 0) is 92.3 Å². The van der Waals surface area contributed by atoms with E-state index in [0.29, 0.717) is 66.3 Å². The van der Waals surface area contributed by atoms with E-state index in [2.05, 4.69) is 9.98 Å². The van der Waals surface area contributed by atoms with Crippen LogP contribution < -0.4 is 10.7 Å². The number of hydrogen-bond donors (Lipinski definition) is 0. The van der Waals surface area contributed by atoms with E-state index in [-0.39, 0.29) is 21.8 Å². The zero-order valence-electron chi connectivity index (χ0n) is 23.9. The van der Waals surface area contributed by atoms with Crippen LogP contribution in [0.1, 0.15) is 11.1 Å². The Kier molecular flexibility index (Phi) is 6.81. The molecule has 48 heavy (non-hydrogen) atoms. The largest absolute Gasteiger partial charge is 0.419 e. The first kappa shape index (κ1) is 30.5. The van der Waals surface area contributed by atoms with Crippen molar-refractivity contribution in [3.05, 3.63) is 118 Å². The molecular formula is C36H14F8N4. The molecule has 12 heteroatoms. The lowest BCUT2D eigenvalue weighted by atomic mass is 10.00. The molecule has 0 saturated heterocycles. The third kappa shape index (κ3) is 4.81. The lowest BCUT2D eigenvalue weighted by Gasteiger charge is -2.10. The number of rotatable bonds is 2. The molecule has 0 fully saturated rings. The van der Waals surface area contributed by atoms with Gasteiger partial charge in [0.15, 0.2) is 0 Å². The van der Waals surface area contributed by atoms with Crippen molar-refractivity contribution >= 4 is 43.1 Å². The molecule has 7 aromatic rings. The third-order valence-corrected chi connectivity index (χ3v) is 8.34. The van der Waals surface area contributed by atoms with E-state index in [9.17, 15) is 45.6 Å². The Morgan fingerprint density at radius 2 is 0.750 bits per heavy atom. The molecule has 0 bridgehead atoms. The number of fused-ring (bicyclic) bond motifs is 6. The summed E-state index contributed by atoms with van der Waals surface area (Å²) in [6.07, 6.45) is -6.18. The number of benzene rings is 5. The highest BCUT2D eigenvalue weighted by Crippen LogP contribution is 2.38. The summed E-state index contributed by atoms with van der Waals surface area (Å²) >= 11 is 0. The summed E-state index contributed by atoms with van der Waals surface area (Å²) in [7, 11) is 0. The Morgan fingerprint density at radius 1 is 0.417 bits per heavy atom. The van der Waals surface area contributed by atoms with Gasteiger partial charge in [0, 0.05) is 21.5 Å². The highest BCUT2D eigenvalue weighted by molar-refractivity contribution is 6.21. The molecule has 0 aliphatic rings. The van der Waals surface area contributed by atoms with E-state index in [0.717, 1.165) is 24.3 Å². The Bertz CT molecular complexity index is 2520. The standard InChI is InChI=1S/C36H14F8N4/c37-31-11-19(3-7-29(31)35(39,40)41)17-1-5-21-23-13-24-22-6-2-18(20-4-8-30(32(38)12-20)36(42,43)44)10-26(22)34(48-16-46)28(24)14-27(23)33(47-15-45)25(21)9-17/h1-14H. The van der Waals surface area contributed by atoms with Gasteiger partial charge in [-0.3, -0.25) is 0 Å². The summed E-state index contributed by atoms with van der Waals surface area (Å²) in [6.45, 7) is 0. The fourth-order valence-electron chi connectivity index (χ4n) is 6.23. The van der Waals surface area contributed by atoms with Crippen LogP contribution in [0.15, 0.2) is 94.9 Å². The number of hydrogen-bond acceptors (Lipinski definition) is 4. The molecule has 0 N–H and O–H groups in total. The summed E-state index contributed by atoms with van der Waals surface area (Å²) in [6, 6.07) is 18.5. The third-order valence-electron chi connectivity index (χ3n) is 8.34.